The minimum Gasteiger partial charge on any atom is -0.394 e. The van der Waals surface area contributed by atoms with Gasteiger partial charge >= 0.3 is 17.1 Å². The molecule has 6 nitrogen and oxygen atoms in total. The van der Waals surface area contributed by atoms with E-state index in [4.69, 9.17) is 17.7 Å². The van der Waals surface area contributed by atoms with Crippen molar-refractivity contribution < 1.29 is 17.7 Å². The van der Waals surface area contributed by atoms with Gasteiger partial charge in [-0.05, 0) is 179 Å². The van der Waals surface area contributed by atoms with Crippen LogP contribution in [0.1, 0.15) is 220 Å². The molecular weight excluding hydrogens is 833 g/mol. The highest BCUT2D eigenvalue weighted by molar-refractivity contribution is 6.66. The van der Waals surface area contributed by atoms with Crippen LogP contribution in [0.15, 0.2) is 48.6 Å². The molecule has 0 aromatic carbocycles. The number of unbranched alkanes of at least 4 members (excludes halogenated alkanes) is 18. The molecule has 0 aliphatic carbocycles. The monoisotopic (exact) mass is 943 g/mol. The first kappa shape index (κ1) is 60.3. The number of piperidine rings is 1. The zero-order valence-corrected chi connectivity index (χ0v) is 46.3. The molecule has 0 aromatic heterocycles. The molecule has 0 amide bonds. The molecule has 2 fully saturated rings. The van der Waals surface area contributed by atoms with E-state index in [1.807, 2.05) is 0 Å². The molecule has 1 unspecified atom stereocenters. The summed E-state index contributed by atoms with van der Waals surface area (Å²) in [6, 6.07) is 2.96. The fraction of sp³-hybridized carbons (Fsp3) is 0.860. The van der Waals surface area contributed by atoms with Gasteiger partial charge in [-0.2, -0.15) is 0 Å². The summed E-state index contributed by atoms with van der Waals surface area (Å²) in [5, 5.41) is 0. The quantitative estimate of drug-likeness (QED) is 0.0344. The number of allylic oxidation sites excluding steroid dienone is 8. The maximum Gasteiger partial charge on any atom is 0.334 e. The summed E-state index contributed by atoms with van der Waals surface area (Å²) in [5.41, 5.74) is 0. The molecule has 65 heavy (non-hydrogen) atoms. The summed E-state index contributed by atoms with van der Waals surface area (Å²) in [4.78, 5) is 5.68. The third kappa shape index (κ3) is 32.6. The number of hydrogen-bond acceptors (Lipinski definition) is 6. The van der Waals surface area contributed by atoms with Crippen molar-refractivity contribution in [3.63, 3.8) is 0 Å². The molecule has 0 aromatic rings. The maximum atomic E-state index is 6.71. The van der Waals surface area contributed by atoms with Crippen molar-refractivity contribution in [2.75, 3.05) is 59.2 Å². The van der Waals surface area contributed by atoms with E-state index in [1.54, 1.807) is 0 Å². The second kappa shape index (κ2) is 42.1. The van der Waals surface area contributed by atoms with Crippen LogP contribution >= 0.6 is 0 Å². The van der Waals surface area contributed by atoms with Crippen molar-refractivity contribution in [2.45, 2.75) is 252 Å². The van der Waals surface area contributed by atoms with Crippen LogP contribution in [0, 0.1) is 5.92 Å². The summed E-state index contributed by atoms with van der Waals surface area (Å²) >= 11 is 0. The van der Waals surface area contributed by atoms with Crippen molar-refractivity contribution >= 4 is 17.1 Å². The van der Waals surface area contributed by atoms with E-state index in [0.29, 0.717) is 0 Å². The Labute approximate surface area is 408 Å². The SMILES string of the molecule is CCCCC/C=C\CCCO[Si](C)(CCCCN1CC2CCCN(CCCC[Si](C)(OCCC/C=C\CCCCC)OCCC/C=C\CCCCC)[C@@H]2C1)OCCC/C=C\CCCCC. The average Bonchev–Trinajstić information content (AvgIpc) is 3.74. The van der Waals surface area contributed by atoms with Gasteiger partial charge in [-0.1, -0.05) is 141 Å². The van der Waals surface area contributed by atoms with Crippen LogP contribution in [0.2, 0.25) is 25.2 Å². The minimum atomic E-state index is -2.21. The molecule has 0 radical (unpaired) electrons. The highest BCUT2D eigenvalue weighted by atomic mass is 28.4. The van der Waals surface area contributed by atoms with Crippen LogP contribution in [0.25, 0.3) is 0 Å². The average molecular weight is 944 g/mol. The van der Waals surface area contributed by atoms with Gasteiger partial charge in [-0.15, -0.1) is 0 Å². The predicted octanol–water partition coefficient (Wildman–Crippen LogP) is 16.8. The molecular formula is C57H110N2O4Si2. The van der Waals surface area contributed by atoms with Crippen molar-refractivity contribution in [3.8, 4) is 0 Å². The van der Waals surface area contributed by atoms with Gasteiger partial charge in [0.1, 0.15) is 0 Å². The standard InChI is InChI=1S/C57H110N2O4Si2/c1-7-11-15-19-23-27-31-37-48-60-64(5,61-49-38-32-28-24-20-16-12-8-2)52-41-35-45-58-54-56-44-43-47-59(57(56)55-58)46-36-42-53-65(6,62-50-39-33-29-25-21-17-13-9-3)63-51-40-34-30-26-22-18-14-10-4/h23-30,56-57H,7-22,31-55H2,1-6H3/b27-23-,28-24-,29-25-,30-26-/t56?,57-/m1/s1. The number of fused-ring (bicyclic) bond motifs is 1. The molecule has 2 rings (SSSR count). The Morgan fingerprint density at radius 2 is 0.769 bits per heavy atom. The Hall–Kier alpha value is -0.846. The molecule has 2 atom stereocenters. The van der Waals surface area contributed by atoms with Gasteiger partial charge in [0.25, 0.3) is 0 Å². The largest absolute Gasteiger partial charge is 0.394 e. The lowest BCUT2D eigenvalue weighted by atomic mass is 9.92. The summed E-state index contributed by atoms with van der Waals surface area (Å²) in [7, 11) is -4.42. The third-order valence-corrected chi connectivity index (χ3v) is 19.7. The Bertz CT molecular complexity index is 1120. The Morgan fingerprint density at radius 1 is 0.415 bits per heavy atom. The first-order valence-electron chi connectivity index (χ1n) is 28.5. The second-order valence-electron chi connectivity index (χ2n) is 20.3. The predicted molar refractivity (Wildman–Crippen MR) is 290 cm³/mol. The van der Waals surface area contributed by atoms with E-state index in [1.165, 1.54) is 174 Å². The zero-order chi connectivity index (χ0) is 46.8. The highest BCUT2D eigenvalue weighted by Crippen LogP contribution is 2.32. The highest BCUT2D eigenvalue weighted by Gasteiger charge is 2.39. The van der Waals surface area contributed by atoms with E-state index in [9.17, 15) is 0 Å². The van der Waals surface area contributed by atoms with E-state index in [2.05, 4.69) is 99.2 Å². The molecule has 0 bridgehead atoms. The molecule has 380 valence electrons. The van der Waals surface area contributed by atoms with Crippen LogP contribution in [0.4, 0.5) is 0 Å². The number of hydrogen-bond donors (Lipinski definition) is 0. The zero-order valence-electron chi connectivity index (χ0n) is 44.3. The topological polar surface area (TPSA) is 43.4 Å². The lowest BCUT2D eigenvalue weighted by Gasteiger charge is -2.37. The molecule has 2 aliphatic rings. The van der Waals surface area contributed by atoms with Crippen LogP contribution in [0.5, 0.6) is 0 Å². The molecule has 2 aliphatic heterocycles. The van der Waals surface area contributed by atoms with Gasteiger partial charge in [0, 0.05) is 45.6 Å². The van der Waals surface area contributed by atoms with Gasteiger partial charge in [-0.25, -0.2) is 0 Å². The number of rotatable bonds is 46. The number of nitrogens with zero attached hydrogens (tertiary/aromatic N) is 2. The molecule has 0 spiro atoms. The van der Waals surface area contributed by atoms with Gasteiger partial charge in [0.05, 0.1) is 0 Å². The van der Waals surface area contributed by atoms with Crippen LogP contribution in [-0.2, 0) is 17.7 Å². The Morgan fingerprint density at radius 3 is 1.14 bits per heavy atom. The lowest BCUT2D eigenvalue weighted by molar-refractivity contribution is 0.121. The molecule has 2 heterocycles. The summed E-state index contributed by atoms with van der Waals surface area (Å²) in [6.45, 7) is 23.4. The maximum absolute atomic E-state index is 6.71. The normalized spacial score (nSPS) is 17.9. The first-order valence-corrected chi connectivity index (χ1v) is 33.6. The smallest absolute Gasteiger partial charge is 0.334 e. The van der Waals surface area contributed by atoms with Crippen LogP contribution in [-0.4, -0.2) is 92.1 Å². The molecule has 8 heteroatoms. The minimum absolute atomic E-state index is 0.734. The van der Waals surface area contributed by atoms with Crippen LogP contribution in [0.3, 0.4) is 0 Å². The Balaban J connectivity index is 1.81. The van der Waals surface area contributed by atoms with E-state index >= 15 is 0 Å². The summed E-state index contributed by atoms with van der Waals surface area (Å²) < 4.78 is 26.8. The molecule has 0 N–H and O–H groups in total. The van der Waals surface area contributed by atoms with Crippen molar-refractivity contribution in [3.05, 3.63) is 48.6 Å². The Kier molecular flexibility index (Phi) is 39.0. The fourth-order valence-electron chi connectivity index (χ4n) is 9.68. The number of likely N-dealkylation sites (tertiary alicyclic amines) is 2. The van der Waals surface area contributed by atoms with Crippen molar-refractivity contribution in [2.24, 2.45) is 5.92 Å². The lowest BCUT2D eigenvalue weighted by Crippen LogP contribution is -2.45. The third-order valence-electron chi connectivity index (χ3n) is 13.9. The van der Waals surface area contributed by atoms with Gasteiger partial charge in [0.2, 0.25) is 0 Å². The second-order valence-corrected chi connectivity index (χ2v) is 27.0. The molecule has 2 saturated heterocycles. The summed E-state index contributed by atoms with van der Waals surface area (Å²) in [5.74, 6) is 0.837. The van der Waals surface area contributed by atoms with E-state index < -0.39 is 17.1 Å². The van der Waals surface area contributed by atoms with Crippen molar-refractivity contribution in [1.29, 1.82) is 0 Å². The van der Waals surface area contributed by atoms with E-state index in [0.717, 1.165) is 102 Å². The first-order chi connectivity index (χ1) is 31.9. The fourth-order valence-corrected chi connectivity index (χ4v) is 14.5. The van der Waals surface area contributed by atoms with Gasteiger partial charge in [0.15, 0.2) is 0 Å². The van der Waals surface area contributed by atoms with E-state index in [-0.39, 0.29) is 0 Å². The van der Waals surface area contributed by atoms with Crippen molar-refractivity contribution in [1.82, 2.24) is 9.80 Å². The van der Waals surface area contributed by atoms with Crippen LogP contribution < -0.4 is 0 Å². The van der Waals surface area contributed by atoms with Gasteiger partial charge in [-0.3, -0.25) is 4.90 Å². The summed E-state index contributed by atoms with van der Waals surface area (Å²) in [6.07, 6.45) is 56.3. The molecule has 0 saturated carbocycles. The van der Waals surface area contributed by atoms with Gasteiger partial charge < -0.3 is 22.6 Å².